The van der Waals surface area contributed by atoms with Crippen molar-refractivity contribution in [1.29, 1.82) is 0 Å². The number of hydrogen-bond donors (Lipinski definition) is 2. The standard InChI is InChI=1S/C21H23Cl2N3O2/c1-21(2,15-8-9-17(22)18(23)12-15)25-20(28)24-16-6-3-5-14(11-16)13-26-10-4-7-19(26)27/h3,5-6,8-9,11-12H,4,7,10,13H2,1-2H3,(H2,24,25,28). The van der Waals surface area contributed by atoms with Crippen molar-refractivity contribution in [2.75, 3.05) is 11.9 Å². The van der Waals surface area contributed by atoms with Gasteiger partial charge in [-0.3, -0.25) is 4.79 Å². The highest BCUT2D eigenvalue weighted by Crippen LogP contribution is 2.28. The lowest BCUT2D eigenvalue weighted by molar-refractivity contribution is -0.128. The molecule has 2 N–H and O–H groups in total. The largest absolute Gasteiger partial charge is 0.338 e. The van der Waals surface area contributed by atoms with Crippen LogP contribution < -0.4 is 10.6 Å². The van der Waals surface area contributed by atoms with Gasteiger partial charge in [0, 0.05) is 25.2 Å². The first-order valence-electron chi connectivity index (χ1n) is 9.16. The van der Waals surface area contributed by atoms with Crippen LogP contribution >= 0.6 is 23.2 Å². The van der Waals surface area contributed by atoms with Crippen LogP contribution in [0.25, 0.3) is 0 Å². The zero-order valence-electron chi connectivity index (χ0n) is 15.9. The number of likely N-dealkylation sites (tertiary alicyclic amines) is 1. The van der Waals surface area contributed by atoms with Crippen molar-refractivity contribution in [1.82, 2.24) is 10.2 Å². The van der Waals surface area contributed by atoms with Crippen molar-refractivity contribution >= 4 is 40.8 Å². The van der Waals surface area contributed by atoms with Crippen molar-refractivity contribution in [3.8, 4) is 0 Å². The lowest BCUT2D eigenvalue weighted by Crippen LogP contribution is -2.43. The van der Waals surface area contributed by atoms with Crippen molar-refractivity contribution < 1.29 is 9.59 Å². The summed E-state index contributed by atoms with van der Waals surface area (Å²) < 4.78 is 0. The molecule has 3 rings (SSSR count). The average Bonchev–Trinajstić information content (AvgIpc) is 3.01. The Morgan fingerprint density at radius 3 is 2.61 bits per heavy atom. The van der Waals surface area contributed by atoms with Gasteiger partial charge in [-0.15, -0.1) is 0 Å². The molecule has 1 aliphatic heterocycles. The van der Waals surface area contributed by atoms with Gasteiger partial charge in [0.05, 0.1) is 15.6 Å². The maximum atomic E-state index is 12.5. The van der Waals surface area contributed by atoms with Crippen LogP contribution in [0.2, 0.25) is 10.0 Å². The molecule has 3 amide bonds. The van der Waals surface area contributed by atoms with E-state index in [2.05, 4.69) is 10.6 Å². The molecule has 0 atom stereocenters. The van der Waals surface area contributed by atoms with Gasteiger partial charge in [0.1, 0.15) is 0 Å². The number of urea groups is 1. The summed E-state index contributed by atoms with van der Waals surface area (Å²) in [5.41, 5.74) is 1.86. The molecular formula is C21H23Cl2N3O2. The van der Waals surface area contributed by atoms with Crippen LogP contribution in [0.15, 0.2) is 42.5 Å². The molecule has 1 fully saturated rings. The molecule has 28 heavy (non-hydrogen) atoms. The van der Waals surface area contributed by atoms with Gasteiger partial charge in [-0.1, -0.05) is 41.4 Å². The monoisotopic (exact) mass is 419 g/mol. The van der Waals surface area contributed by atoms with Crippen molar-refractivity contribution in [2.24, 2.45) is 0 Å². The SMILES string of the molecule is CC(C)(NC(=O)Nc1cccc(CN2CCCC2=O)c1)c1ccc(Cl)c(Cl)c1. The van der Waals surface area contributed by atoms with Gasteiger partial charge in [0.25, 0.3) is 0 Å². The highest BCUT2D eigenvalue weighted by molar-refractivity contribution is 6.42. The summed E-state index contributed by atoms with van der Waals surface area (Å²) in [6, 6.07) is 12.5. The Morgan fingerprint density at radius 1 is 1.14 bits per heavy atom. The first-order chi connectivity index (χ1) is 13.2. The van der Waals surface area contributed by atoms with Crippen LogP contribution in [0, 0.1) is 0 Å². The van der Waals surface area contributed by atoms with Gasteiger partial charge in [-0.25, -0.2) is 4.79 Å². The van der Waals surface area contributed by atoms with Gasteiger partial charge < -0.3 is 15.5 Å². The molecule has 1 aliphatic rings. The molecule has 0 aromatic heterocycles. The topological polar surface area (TPSA) is 61.4 Å². The number of carbonyl (C=O) groups is 2. The van der Waals surface area contributed by atoms with Crippen LogP contribution in [0.4, 0.5) is 10.5 Å². The third-order valence-electron chi connectivity index (χ3n) is 4.80. The zero-order valence-corrected chi connectivity index (χ0v) is 17.4. The fourth-order valence-electron chi connectivity index (χ4n) is 3.24. The van der Waals surface area contributed by atoms with E-state index < -0.39 is 5.54 Å². The van der Waals surface area contributed by atoms with E-state index in [4.69, 9.17) is 23.2 Å². The smallest absolute Gasteiger partial charge is 0.319 e. The Kier molecular flexibility index (Phi) is 6.16. The summed E-state index contributed by atoms with van der Waals surface area (Å²) in [5, 5.41) is 6.72. The van der Waals surface area contributed by atoms with Gasteiger partial charge >= 0.3 is 6.03 Å². The van der Waals surface area contributed by atoms with Crippen LogP contribution in [-0.4, -0.2) is 23.4 Å². The molecule has 148 valence electrons. The summed E-state index contributed by atoms with van der Waals surface area (Å²) in [6.07, 6.45) is 1.52. The molecule has 2 aromatic rings. The van der Waals surface area contributed by atoms with Gasteiger partial charge in [0.15, 0.2) is 0 Å². The fraction of sp³-hybridized carbons (Fsp3) is 0.333. The fourth-order valence-corrected chi connectivity index (χ4v) is 3.54. The third kappa shape index (κ3) is 4.97. The lowest BCUT2D eigenvalue weighted by Gasteiger charge is -2.27. The predicted molar refractivity (Wildman–Crippen MR) is 113 cm³/mol. The summed E-state index contributed by atoms with van der Waals surface area (Å²) in [7, 11) is 0. The summed E-state index contributed by atoms with van der Waals surface area (Å²) in [5.74, 6) is 0.180. The van der Waals surface area contributed by atoms with Crippen molar-refractivity contribution in [3.63, 3.8) is 0 Å². The lowest BCUT2D eigenvalue weighted by atomic mass is 9.94. The summed E-state index contributed by atoms with van der Waals surface area (Å²) in [6.45, 7) is 5.13. The number of anilines is 1. The molecular weight excluding hydrogens is 397 g/mol. The van der Waals surface area contributed by atoms with Crippen molar-refractivity contribution in [2.45, 2.75) is 38.8 Å². The van der Waals surface area contributed by atoms with Crippen LogP contribution in [0.3, 0.4) is 0 Å². The van der Waals surface area contributed by atoms with E-state index in [0.717, 1.165) is 24.1 Å². The molecule has 0 radical (unpaired) electrons. The molecule has 0 saturated carbocycles. The van der Waals surface area contributed by atoms with E-state index in [-0.39, 0.29) is 11.9 Å². The third-order valence-corrected chi connectivity index (χ3v) is 5.54. The van der Waals surface area contributed by atoms with Gasteiger partial charge in [0.2, 0.25) is 5.91 Å². The Bertz CT molecular complexity index is 899. The van der Waals surface area contributed by atoms with Crippen LogP contribution in [0.5, 0.6) is 0 Å². The molecule has 0 unspecified atom stereocenters. The summed E-state index contributed by atoms with van der Waals surface area (Å²) in [4.78, 5) is 26.2. The maximum Gasteiger partial charge on any atom is 0.319 e. The number of benzene rings is 2. The van der Waals surface area contributed by atoms with E-state index in [0.29, 0.717) is 28.7 Å². The zero-order chi connectivity index (χ0) is 20.3. The van der Waals surface area contributed by atoms with E-state index in [1.54, 1.807) is 12.1 Å². The molecule has 5 nitrogen and oxygen atoms in total. The first-order valence-corrected chi connectivity index (χ1v) is 9.91. The normalized spacial score (nSPS) is 14.3. The predicted octanol–water partition coefficient (Wildman–Crippen LogP) is 5.17. The number of halogens is 2. The number of rotatable bonds is 5. The molecule has 0 bridgehead atoms. The quantitative estimate of drug-likeness (QED) is 0.701. The van der Waals surface area contributed by atoms with Gasteiger partial charge in [-0.05, 0) is 55.7 Å². The van der Waals surface area contributed by atoms with E-state index in [1.165, 1.54) is 0 Å². The van der Waals surface area contributed by atoms with Crippen LogP contribution in [0.1, 0.15) is 37.8 Å². The minimum atomic E-state index is -0.641. The Hall–Kier alpha value is -2.24. The number of nitrogens with one attached hydrogen (secondary N) is 2. The van der Waals surface area contributed by atoms with E-state index in [9.17, 15) is 9.59 Å². The van der Waals surface area contributed by atoms with E-state index >= 15 is 0 Å². The molecule has 1 saturated heterocycles. The molecule has 0 aliphatic carbocycles. The summed E-state index contributed by atoms with van der Waals surface area (Å²) >= 11 is 12.1. The highest BCUT2D eigenvalue weighted by Gasteiger charge is 2.24. The number of nitrogens with zero attached hydrogens (tertiary/aromatic N) is 1. The second kappa shape index (κ2) is 8.41. The number of amides is 3. The maximum absolute atomic E-state index is 12.5. The second-order valence-corrected chi connectivity index (χ2v) is 8.27. The Morgan fingerprint density at radius 2 is 1.93 bits per heavy atom. The minimum absolute atomic E-state index is 0.180. The van der Waals surface area contributed by atoms with Gasteiger partial charge in [-0.2, -0.15) is 0 Å². The first kappa shape index (κ1) is 20.5. The Labute approximate surface area is 175 Å². The second-order valence-electron chi connectivity index (χ2n) is 7.45. The Balaban J connectivity index is 1.64. The molecule has 1 heterocycles. The van der Waals surface area contributed by atoms with Crippen molar-refractivity contribution in [3.05, 3.63) is 63.6 Å². The minimum Gasteiger partial charge on any atom is -0.338 e. The van der Waals surface area contributed by atoms with Crippen LogP contribution in [-0.2, 0) is 16.9 Å². The molecule has 7 heteroatoms. The number of hydrogen-bond acceptors (Lipinski definition) is 2. The average molecular weight is 420 g/mol. The number of carbonyl (C=O) groups excluding carboxylic acids is 2. The molecule has 0 spiro atoms. The highest BCUT2D eigenvalue weighted by atomic mass is 35.5. The molecule has 2 aromatic carbocycles. The van der Waals surface area contributed by atoms with E-state index in [1.807, 2.05) is 49.1 Å².